The molecular formula is C13H16ClN5. The van der Waals surface area contributed by atoms with Crippen LogP contribution in [0.5, 0.6) is 0 Å². The van der Waals surface area contributed by atoms with Gasteiger partial charge in [0.05, 0.1) is 5.69 Å². The molecule has 1 aliphatic rings. The second kappa shape index (κ2) is 5.75. The first-order valence-corrected chi connectivity index (χ1v) is 6.27. The Balaban J connectivity index is 2.07. The first-order valence-electron chi connectivity index (χ1n) is 5.89. The molecule has 0 aromatic heterocycles. The molecule has 0 aliphatic carbocycles. The lowest BCUT2D eigenvalue weighted by Gasteiger charge is -2.16. The van der Waals surface area contributed by atoms with Gasteiger partial charge in [0.2, 0.25) is 5.96 Å². The first-order chi connectivity index (χ1) is 9.04. The number of nitrogens with zero attached hydrogens (tertiary/aromatic N) is 3. The van der Waals surface area contributed by atoms with Crippen molar-refractivity contribution in [3.05, 3.63) is 40.9 Å². The van der Waals surface area contributed by atoms with Crippen LogP contribution in [0.3, 0.4) is 0 Å². The summed E-state index contributed by atoms with van der Waals surface area (Å²) < 4.78 is 0. The van der Waals surface area contributed by atoms with Crippen molar-refractivity contribution in [2.75, 3.05) is 13.1 Å². The maximum atomic E-state index is 5.88. The van der Waals surface area contributed by atoms with Crippen LogP contribution in [0.15, 0.2) is 45.9 Å². The number of hydrogen-bond donors (Lipinski definition) is 2. The maximum Gasteiger partial charge on any atom is 0.223 e. The molecule has 1 aliphatic heterocycles. The Bertz CT molecular complexity index is 545. The predicted octanol–water partition coefficient (Wildman–Crippen LogP) is 1.86. The average Bonchev–Trinajstić information content (AvgIpc) is 2.79. The third-order valence-electron chi connectivity index (χ3n) is 2.72. The van der Waals surface area contributed by atoms with Gasteiger partial charge in [-0.2, -0.15) is 4.99 Å². The minimum atomic E-state index is 0.129. The molecule has 1 aromatic carbocycles. The van der Waals surface area contributed by atoms with Gasteiger partial charge in [-0.25, -0.2) is 4.99 Å². The molecule has 0 spiro atoms. The van der Waals surface area contributed by atoms with Crippen molar-refractivity contribution in [3.63, 3.8) is 0 Å². The molecule has 6 heteroatoms. The number of benzene rings is 1. The van der Waals surface area contributed by atoms with E-state index in [1.807, 2.05) is 4.90 Å². The van der Waals surface area contributed by atoms with E-state index in [1.165, 1.54) is 5.57 Å². The van der Waals surface area contributed by atoms with Gasteiger partial charge < -0.3 is 16.4 Å². The summed E-state index contributed by atoms with van der Waals surface area (Å²) in [7, 11) is 0. The molecule has 4 N–H and O–H groups in total. The summed E-state index contributed by atoms with van der Waals surface area (Å²) in [6.45, 7) is 3.59. The van der Waals surface area contributed by atoms with Crippen LogP contribution in [-0.4, -0.2) is 29.9 Å². The predicted molar refractivity (Wildman–Crippen MR) is 79.7 cm³/mol. The van der Waals surface area contributed by atoms with Crippen molar-refractivity contribution in [1.82, 2.24) is 4.90 Å². The van der Waals surface area contributed by atoms with Gasteiger partial charge in [0, 0.05) is 18.1 Å². The number of hydrogen-bond acceptors (Lipinski definition) is 1. The molecule has 0 saturated heterocycles. The Morgan fingerprint density at radius 2 is 1.95 bits per heavy atom. The Morgan fingerprint density at radius 3 is 2.53 bits per heavy atom. The molecule has 0 amide bonds. The summed E-state index contributed by atoms with van der Waals surface area (Å²) in [5.74, 6) is 0.507. The van der Waals surface area contributed by atoms with E-state index in [-0.39, 0.29) is 5.96 Å². The Kier molecular flexibility index (Phi) is 4.06. The van der Waals surface area contributed by atoms with Gasteiger partial charge in [-0.3, -0.25) is 0 Å². The Morgan fingerprint density at radius 1 is 1.26 bits per heavy atom. The fraction of sp³-hybridized carbons (Fsp3) is 0.231. The van der Waals surface area contributed by atoms with E-state index in [0.29, 0.717) is 16.7 Å². The molecular weight excluding hydrogens is 262 g/mol. The average molecular weight is 278 g/mol. The summed E-state index contributed by atoms with van der Waals surface area (Å²) in [6, 6.07) is 7.02. The van der Waals surface area contributed by atoms with E-state index in [4.69, 9.17) is 23.1 Å². The number of halogens is 1. The SMILES string of the molecule is CC1=CCN(C(N)=NC(N)=Nc2ccc(Cl)cc2)C1. The monoisotopic (exact) mass is 277 g/mol. The van der Waals surface area contributed by atoms with Crippen LogP contribution in [0.25, 0.3) is 0 Å². The molecule has 100 valence electrons. The van der Waals surface area contributed by atoms with E-state index >= 15 is 0 Å². The number of aliphatic imine (C=N–C) groups is 2. The zero-order valence-corrected chi connectivity index (χ0v) is 11.4. The van der Waals surface area contributed by atoms with Gasteiger partial charge in [-0.15, -0.1) is 0 Å². The summed E-state index contributed by atoms with van der Waals surface area (Å²) in [6.07, 6.45) is 2.11. The number of guanidine groups is 2. The highest BCUT2D eigenvalue weighted by Crippen LogP contribution is 2.16. The summed E-state index contributed by atoms with van der Waals surface area (Å²) >= 11 is 5.79. The van der Waals surface area contributed by atoms with Crippen molar-refractivity contribution in [2.45, 2.75) is 6.92 Å². The van der Waals surface area contributed by atoms with Crippen molar-refractivity contribution in [1.29, 1.82) is 0 Å². The van der Waals surface area contributed by atoms with Crippen LogP contribution in [0.2, 0.25) is 5.02 Å². The molecule has 0 atom stereocenters. The summed E-state index contributed by atoms with van der Waals surface area (Å²) in [4.78, 5) is 10.2. The van der Waals surface area contributed by atoms with Gasteiger partial charge >= 0.3 is 0 Å². The summed E-state index contributed by atoms with van der Waals surface area (Å²) in [5.41, 5.74) is 13.6. The van der Waals surface area contributed by atoms with E-state index in [9.17, 15) is 0 Å². The van der Waals surface area contributed by atoms with Gasteiger partial charge in [0.25, 0.3) is 0 Å². The van der Waals surface area contributed by atoms with Crippen LogP contribution < -0.4 is 11.5 Å². The van der Waals surface area contributed by atoms with Gasteiger partial charge in [0.1, 0.15) is 0 Å². The molecule has 0 unspecified atom stereocenters. The molecule has 1 heterocycles. The topological polar surface area (TPSA) is 80.0 Å². The largest absolute Gasteiger partial charge is 0.369 e. The minimum absolute atomic E-state index is 0.129. The van der Waals surface area contributed by atoms with E-state index in [1.54, 1.807) is 24.3 Å². The van der Waals surface area contributed by atoms with Crippen LogP contribution in [0, 0.1) is 0 Å². The van der Waals surface area contributed by atoms with E-state index in [2.05, 4.69) is 23.0 Å². The Hall–Kier alpha value is -2.01. The third-order valence-corrected chi connectivity index (χ3v) is 2.98. The van der Waals surface area contributed by atoms with E-state index < -0.39 is 0 Å². The van der Waals surface area contributed by atoms with Crippen LogP contribution >= 0.6 is 11.6 Å². The molecule has 2 rings (SSSR count). The lowest BCUT2D eigenvalue weighted by molar-refractivity contribution is 0.527. The lowest BCUT2D eigenvalue weighted by atomic mass is 10.3. The van der Waals surface area contributed by atoms with E-state index in [0.717, 1.165) is 13.1 Å². The quantitative estimate of drug-likeness (QED) is 0.467. The van der Waals surface area contributed by atoms with Gasteiger partial charge in [0.15, 0.2) is 5.96 Å². The normalized spacial score (nSPS) is 16.7. The van der Waals surface area contributed by atoms with Crippen LogP contribution in [0.1, 0.15) is 6.92 Å². The number of nitrogens with two attached hydrogens (primary N) is 2. The molecule has 0 fully saturated rings. The standard InChI is InChI=1S/C13H16ClN5/c1-9-6-7-19(8-9)13(16)18-12(15)17-11-4-2-10(14)3-5-11/h2-6H,7-8H2,1H3,(H4,15,16,17,18). The highest BCUT2D eigenvalue weighted by Gasteiger charge is 2.13. The molecule has 0 radical (unpaired) electrons. The van der Waals surface area contributed by atoms with Crippen molar-refractivity contribution < 1.29 is 0 Å². The second-order valence-corrected chi connectivity index (χ2v) is 4.78. The fourth-order valence-corrected chi connectivity index (χ4v) is 1.86. The Labute approximate surface area is 117 Å². The fourth-order valence-electron chi connectivity index (χ4n) is 1.73. The van der Waals surface area contributed by atoms with Crippen LogP contribution in [0.4, 0.5) is 5.69 Å². The van der Waals surface area contributed by atoms with Crippen LogP contribution in [-0.2, 0) is 0 Å². The smallest absolute Gasteiger partial charge is 0.223 e. The molecule has 19 heavy (non-hydrogen) atoms. The maximum absolute atomic E-state index is 5.88. The molecule has 0 saturated carbocycles. The first kappa shape index (κ1) is 13.4. The highest BCUT2D eigenvalue weighted by atomic mass is 35.5. The molecule has 5 nitrogen and oxygen atoms in total. The van der Waals surface area contributed by atoms with Crippen molar-refractivity contribution in [2.24, 2.45) is 21.5 Å². The van der Waals surface area contributed by atoms with Gasteiger partial charge in [-0.05, 0) is 31.2 Å². The molecule has 1 aromatic rings. The molecule has 0 bridgehead atoms. The zero-order chi connectivity index (χ0) is 13.8. The van der Waals surface area contributed by atoms with Gasteiger partial charge in [-0.1, -0.05) is 23.3 Å². The van der Waals surface area contributed by atoms with Crippen molar-refractivity contribution in [3.8, 4) is 0 Å². The minimum Gasteiger partial charge on any atom is -0.369 e. The second-order valence-electron chi connectivity index (χ2n) is 4.35. The lowest BCUT2D eigenvalue weighted by Crippen LogP contribution is -2.37. The highest BCUT2D eigenvalue weighted by molar-refractivity contribution is 6.30. The third kappa shape index (κ3) is 3.72. The zero-order valence-electron chi connectivity index (χ0n) is 10.7. The number of rotatable bonds is 1. The summed E-state index contributed by atoms with van der Waals surface area (Å²) in [5, 5.41) is 0.652. The van der Waals surface area contributed by atoms with Crippen molar-refractivity contribution >= 4 is 29.2 Å².